The molecule has 3 aliphatic heterocycles. The highest BCUT2D eigenvalue weighted by Gasteiger charge is 2.65. The third kappa shape index (κ3) is 2.80. The molecule has 2 amide bonds. The summed E-state index contributed by atoms with van der Waals surface area (Å²) in [5.41, 5.74) is 2.58. The number of rotatable bonds is 3. The van der Waals surface area contributed by atoms with Gasteiger partial charge in [0.15, 0.2) is 5.78 Å². The molecule has 3 aliphatic rings. The Bertz CT molecular complexity index is 1340. The maximum atomic E-state index is 13.8. The van der Waals surface area contributed by atoms with E-state index in [1.165, 1.54) is 0 Å². The molecule has 3 aromatic rings. The Morgan fingerprint density at radius 3 is 2.27 bits per heavy atom. The first-order valence-corrected chi connectivity index (χ1v) is 11.1. The highest BCUT2D eigenvalue weighted by Crippen LogP contribution is 2.53. The second-order valence-electron chi connectivity index (χ2n) is 8.39. The number of anilines is 1. The number of carbonyl (C=O) groups is 3. The van der Waals surface area contributed by atoms with Gasteiger partial charge in [-0.2, -0.15) is 5.10 Å². The zero-order chi connectivity index (χ0) is 22.7. The second kappa shape index (κ2) is 7.39. The minimum Gasteiger partial charge on any atom is -0.292 e. The van der Waals surface area contributed by atoms with Crippen LogP contribution in [0.15, 0.2) is 84.0 Å². The quantitative estimate of drug-likeness (QED) is 0.440. The van der Waals surface area contributed by atoms with Crippen LogP contribution >= 0.6 is 11.6 Å². The maximum absolute atomic E-state index is 13.8. The molecule has 0 N–H and O–H groups in total. The number of hydrazone groups is 1. The van der Waals surface area contributed by atoms with Crippen LogP contribution in [-0.4, -0.2) is 34.9 Å². The van der Waals surface area contributed by atoms with Crippen molar-refractivity contribution >= 4 is 41.1 Å². The van der Waals surface area contributed by atoms with Crippen LogP contribution in [0.3, 0.4) is 0 Å². The molecular formula is C26H18ClN3O3. The number of ketones is 1. The molecule has 6 nitrogen and oxygen atoms in total. The predicted octanol–water partition coefficient (Wildman–Crippen LogP) is 4.10. The third-order valence-electron chi connectivity index (χ3n) is 6.71. The normalized spacial score (nSPS) is 25.1. The Balaban J connectivity index is 1.52. The number of halogens is 1. The van der Waals surface area contributed by atoms with Gasteiger partial charge < -0.3 is 0 Å². The number of amides is 2. The average Bonchev–Trinajstić information content (AvgIpc) is 3.32. The van der Waals surface area contributed by atoms with Gasteiger partial charge in [-0.15, -0.1) is 0 Å². The van der Waals surface area contributed by atoms with E-state index in [1.807, 2.05) is 30.3 Å². The van der Waals surface area contributed by atoms with Gasteiger partial charge in [-0.05, 0) is 23.3 Å². The van der Waals surface area contributed by atoms with Gasteiger partial charge in [0, 0.05) is 5.56 Å². The number of hydrogen-bond donors (Lipinski definition) is 0. The number of para-hydroxylation sites is 1. The van der Waals surface area contributed by atoms with Crippen LogP contribution in [0.2, 0.25) is 5.02 Å². The maximum Gasteiger partial charge on any atom is 0.240 e. The summed E-state index contributed by atoms with van der Waals surface area (Å²) in [6, 6.07) is 21.8. The first-order chi connectivity index (χ1) is 16.1. The molecule has 0 aromatic heterocycles. The van der Waals surface area contributed by atoms with E-state index in [4.69, 9.17) is 11.6 Å². The van der Waals surface area contributed by atoms with Gasteiger partial charge >= 0.3 is 0 Å². The van der Waals surface area contributed by atoms with Crippen molar-refractivity contribution in [3.8, 4) is 0 Å². The van der Waals surface area contributed by atoms with Crippen molar-refractivity contribution in [2.45, 2.75) is 12.1 Å². The first kappa shape index (κ1) is 19.9. The standard InChI is InChI=1S/C26H18ClN3O3/c27-18-12-6-7-13-19(18)29-25(32)20-21(26(29)33)23(24(31)15-8-2-1-3-9-15)30-22(20)17-11-5-4-10-16(17)14-28-30/h1-14,20-23H/t20-,21+,22+,23-/m0/s1. The molecule has 4 atom stereocenters. The lowest BCUT2D eigenvalue weighted by atomic mass is 9.83. The van der Waals surface area contributed by atoms with Gasteiger partial charge in [0.1, 0.15) is 6.04 Å². The lowest BCUT2D eigenvalue weighted by Crippen LogP contribution is -2.44. The summed E-state index contributed by atoms with van der Waals surface area (Å²) >= 11 is 6.36. The molecule has 0 spiro atoms. The van der Waals surface area contributed by atoms with Gasteiger partial charge in [-0.3, -0.25) is 19.4 Å². The van der Waals surface area contributed by atoms with Gasteiger partial charge in [-0.1, -0.05) is 78.3 Å². The van der Waals surface area contributed by atoms with Crippen LogP contribution in [0.25, 0.3) is 0 Å². The van der Waals surface area contributed by atoms with Crippen LogP contribution < -0.4 is 4.90 Å². The Labute approximate surface area is 195 Å². The monoisotopic (exact) mass is 455 g/mol. The molecule has 0 aliphatic carbocycles. The molecule has 0 saturated carbocycles. The number of fused-ring (bicyclic) bond motifs is 5. The van der Waals surface area contributed by atoms with Crippen LogP contribution in [0.4, 0.5) is 5.69 Å². The van der Waals surface area contributed by atoms with Crippen molar-refractivity contribution in [2.24, 2.45) is 16.9 Å². The van der Waals surface area contributed by atoms with Crippen LogP contribution in [0.1, 0.15) is 27.5 Å². The second-order valence-corrected chi connectivity index (χ2v) is 8.80. The summed E-state index contributed by atoms with van der Waals surface area (Å²) in [5, 5.41) is 6.53. The summed E-state index contributed by atoms with van der Waals surface area (Å²) in [6.07, 6.45) is 1.69. The van der Waals surface area contributed by atoms with E-state index in [0.29, 0.717) is 16.3 Å². The van der Waals surface area contributed by atoms with Gasteiger partial charge in [-0.25, -0.2) is 4.90 Å². The van der Waals surface area contributed by atoms with Crippen LogP contribution in [0, 0.1) is 11.8 Å². The zero-order valence-electron chi connectivity index (χ0n) is 17.3. The third-order valence-corrected chi connectivity index (χ3v) is 7.03. The molecule has 0 radical (unpaired) electrons. The lowest BCUT2D eigenvalue weighted by molar-refractivity contribution is -0.124. The molecule has 7 heteroatoms. The van der Waals surface area contributed by atoms with Crippen molar-refractivity contribution in [3.63, 3.8) is 0 Å². The molecule has 33 heavy (non-hydrogen) atoms. The van der Waals surface area contributed by atoms with E-state index in [2.05, 4.69) is 5.10 Å². The Kier molecular flexibility index (Phi) is 4.45. The molecule has 162 valence electrons. The molecule has 0 unspecified atom stereocenters. The van der Waals surface area contributed by atoms with E-state index < -0.39 is 29.8 Å². The fourth-order valence-corrected chi connectivity index (χ4v) is 5.53. The molecule has 2 saturated heterocycles. The molecule has 3 aromatic carbocycles. The number of carbonyl (C=O) groups excluding carboxylic acids is 3. The first-order valence-electron chi connectivity index (χ1n) is 10.7. The number of hydrogen-bond acceptors (Lipinski definition) is 5. The number of benzene rings is 3. The van der Waals surface area contributed by atoms with E-state index in [0.717, 1.165) is 16.0 Å². The lowest BCUT2D eigenvalue weighted by Gasteiger charge is -2.33. The zero-order valence-corrected chi connectivity index (χ0v) is 18.1. The largest absolute Gasteiger partial charge is 0.292 e. The summed E-state index contributed by atoms with van der Waals surface area (Å²) in [5.74, 6) is -2.62. The summed E-state index contributed by atoms with van der Waals surface area (Å²) in [7, 11) is 0. The van der Waals surface area contributed by atoms with Gasteiger partial charge in [0.2, 0.25) is 11.8 Å². The highest BCUT2D eigenvalue weighted by atomic mass is 35.5. The minimum atomic E-state index is -0.893. The van der Waals surface area contributed by atoms with E-state index in [9.17, 15) is 14.4 Å². The van der Waals surface area contributed by atoms with E-state index >= 15 is 0 Å². The topological polar surface area (TPSA) is 70.0 Å². The number of nitrogens with zero attached hydrogens (tertiary/aromatic N) is 3. The molecule has 6 rings (SSSR count). The molecular weight excluding hydrogens is 438 g/mol. The van der Waals surface area contributed by atoms with Crippen molar-refractivity contribution in [3.05, 3.63) is 101 Å². The summed E-state index contributed by atoms with van der Waals surface area (Å²) in [6.45, 7) is 0. The van der Waals surface area contributed by atoms with Gasteiger partial charge in [0.05, 0.1) is 34.8 Å². The van der Waals surface area contributed by atoms with Crippen LogP contribution in [-0.2, 0) is 9.59 Å². The van der Waals surface area contributed by atoms with Crippen molar-refractivity contribution < 1.29 is 14.4 Å². The predicted molar refractivity (Wildman–Crippen MR) is 124 cm³/mol. The molecule has 3 heterocycles. The van der Waals surface area contributed by atoms with E-state index in [1.54, 1.807) is 59.8 Å². The van der Waals surface area contributed by atoms with Crippen molar-refractivity contribution in [2.75, 3.05) is 4.90 Å². The fraction of sp³-hybridized carbons (Fsp3) is 0.154. The smallest absolute Gasteiger partial charge is 0.240 e. The summed E-state index contributed by atoms with van der Waals surface area (Å²) in [4.78, 5) is 42.4. The fourth-order valence-electron chi connectivity index (χ4n) is 5.31. The Morgan fingerprint density at radius 1 is 0.818 bits per heavy atom. The Hall–Kier alpha value is -3.77. The minimum absolute atomic E-state index is 0.230. The number of imide groups is 1. The van der Waals surface area contributed by atoms with Crippen LogP contribution in [0.5, 0.6) is 0 Å². The van der Waals surface area contributed by atoms with E-state index in [-0.39, 0.29) is 11.7 Å². The SMILES string of the molecule is O=C(c1ccccc1)[C@@H]1[C@@H]2C(=O)N(c3ccccc3Cl)C(=O)[C@@H]2[C@H]2c3ccccc3C=NN12. The average molecular weight is 456 g/mol. The number of Topliss-reactive ketones (excluding diaryl/α,β-unsaturated/α-hetero) is 1. The molecule has 2 fully saturated rings. The highest BCUT2D eigenvalue weighted by molar-refractivity contribution is 6.36. The van der Waals surface area contributed by atoms with Crippen molar-refractivity contribution in [1.29, 1.82) is 0 Å². The molecule has 0 bridgehead atoms. The van der Waals surface area contributed by atoms with Gasteiger partial charge in [0.25, 0.3) is 0 Å². The Morgan fingerprint density at radius 2 is 1.48 bits per heavy atom. The summed E-state index contributed by atoms with van der Waals surface area (Å²) < 4.78 is 0. The van der Waals surface area contributed by atoms with Crippen molar-refractivity contribution in [1.82, 2.24) is 5.01 Å².